The lowest BCUT2D eigenvalue weighted by Gasteiger charge is -2.13. The van der Waals surface area contributed by atoms with Crippen LogP contribution in [0.4, 0.5) is 11.4 Å². The Morgan fingerprint density at radius 1 is 1.33 bits per heavy atom. The molecule has 0 saturated carbocycles. The van der Waals surface area contributed by atoms with Crippen LogP contribution >= 0.6 is 11.6 Å². The van der Waals surface area contributed by atoms with Gasteiger partial charge in [-0.05, 0) is 42.8 Å². The summed E-state index contributed by atoms with van der Waals surface area (Å²) in [6.45, 7) is 1.80. The first kappa shape index (κ1) is 14.9. The smallest absolute Gasteiger partial charge is 0.231 e. The molecule has 0 fully saturated rings. The van der Waals surface area contributed by atoms with Crippen LogP contribution in [-0.2, 0) is 4.79 Å². The van der Waals surface area contributed by atoms with Crippen molar-refractivity contribution in [1.82, 2.24) is 0 Å². The van der Waals surface area contributed by atoms with Crippen LogP contribution in [0.1, 0.15) is 24.0 Å². The molecule has 0 aromatic heterocycles. The molecule has 0 heterocycles. The molecule has 4 nitrogen and oxygen atoms in total. The Bertz CT molecular complexity index is 722. The molecule has 0 radical (unpaired) electrons. The highest BCUT2D eigenvalue weighted by Gasteiger charge is 2.16. The van der Waals surface area contributed by atoms with E-state index in [-0.39, 0.29) is 11.8 Å². The molecule has 5 heteroatoms. The van der Waals surface area contributed by atoms with Crippen LogP contribution in [-0.4, -0.2) is 5.91 Å². The Balaban J connectivity index is 2.16. The first-order valence-corrected chi connectivity index (χ1v) is 6.75. The lowest BCUT2D eigenvalue weighted by molar-refractivity contribution is -0.117. The Morgan fingerprint density at radius 2 is 2.10 bits per heavy atom. The Hall–Kier alpha value is -2.51. The lowest BCUT2D eigenvalue weighted by Crippen LogP contribution is -2.19. The van der Waals surface area contributed by atoms with Gasteiger partial charge in [0.2, 0.25) is 5.91 Å². The first-order chi connectivity index (χ1) is 10.0. The molecular weight excluding hydrogens is 286 g/mol. The van der Waals surface area contributed by atoms with Gasteiger partial charge in [-0.25, -0.2) is 0 Å². The molecule has 106 valence electrons. The van der Waals surface area contributed by atoms with E-state index in [1.807, 2.05) is 18.2 Å². The molecular formula is C16H14ClN3O. The van der Waals surface area contributed by atoms with Gasteiger partial charge in [0.05, 0.1) is 16.5 Å². The van der Waals surface area contributed by atoms with Crippen LogP contribution in [0.2, 0.25) is 5.02 Å². The first-order valence-electron chi connectivity index (χ1n) is 6.37. The van der Waals surface area contributed by atoms with Gasteiger partial charge < -0.3 is 11.1 Å². The number of nitrogen functional groups attached to an aromatic ring is 1. The number of nitriles is 1. The number of nitrogens with one attached hydrogen (secondary N) is 1. The molecule has 0 saturated heterocycles. The van der Waals surface area contributed by atoms with Crippen molar-refractivity contribution in [2.75, 3.05) is 11.1 Å². The van der Waals surface area contributed by atoms with Crippen molar-refractivity contribution >= 4 is 28.9 Å². The van der Waals surface area contributed by atoms with Gasteiger partial charge in [-0.15, -0.1) is 0 Å². The highest BCUT2D eigenvalue weighted by atomic mass is 35.5. The van der Waals surface area contributed by atoms with Gasteiger partial charge in [-0.3, -0.25) is 4.79 Å². The maximum atomic E-state index is 12.2. The average molecular weight is 300 g/mol. The zero-order valence-corrected chi connectivity index (χ0v) is 12.2. The molecule has 2 rings (SSSR count). The van der Waals surface area contributed by atoms with E-state index in [4.69, 9.17) is 22.6 Å². The second-order valence-electron chi connectivity index (χ2n) is 4.69. The summed E-state index contributed by atoms with van der Waals surface area (Å²) < 4.78 is 0. The van der Waals surface area contributed by atoms with Gasteiger partial charge in [0.25, 0.3) is 0 Å². The van der Waals surface area contributed by atoms with Crippen molar-refractivity contribution in [2.45, 2.75) is 12.8 Å². The maximum Gasteiger partial charge on any atom is 0.231 e. The number of anilines is 2. The molecule has 1 unspecified atom stereocenters. The quantitative estimate of drug-likeness (QED) is 0.851. The SMILES string of the molecule is CC(C(=O)Nc1ccc(Cl)c(C#N)c1)c1cccc(N)c1. The molecule has 2 aromatic carbocycles. The summed E-state index contributed by atoms with van der Waals surface area (Å²) in [6.07, 6.45) is 0. The molecule has 0 aliphatic rings. The number of rotatable bonds is 3. The molecule has 2 aromatic rings. The van der Waals surface area contributed by atoms with Crippen molar-refractivity contribution in [1.29, 1.82) is 5.26 Å². The second kappa shape index (κ2) is 6.29. The van der Waals surface area contributed by atoms with Crippen LogP contribution in [0.3, 0.4) is 0 Å². The number of carbonyl (C=O) groups excluding carboxylic acids is 1. The summed E-state index contributed by atoms with van der Waals surface area (Å²) >= 11 is 5.86. The predicted octanol–water partition coefficient (Wildman–Crippen LogP) is 3.54. The zero-order chi connectivity index (χ0) is 15.4. The average Bonchev–Trinajstić information content (AvgIpc) is 2.48. The minimum Gasteiger partial charge on any atom is -0.399 e. The van der Waals surface area contributed by atoms with Crippen LogP contribution in [0, 0.1) is 11.3 Å². The van der Waals surface area contributed by atoms with E-state index in [2.05, 4.69) is 5.32 Å². The molecule has 0 aliphatic carbocycles. The molecule has 0 bridgehead atoms. The Kier molecular flexibility index (Phi) is 4.46. The fourth-order valence-electron chi connectivity index (χ4n) is 1.92. The van der Waals surface area contributed by atoms with Crippen molar-refractivity contribution in [3.8, 4) is 6.07 Å². The van der Waals surface area contributed by atoms with E-state index in [1.54, 1.807) is 37.3 Å². The van der Waals surface area contributed by atoms with Crippen molar-refractivity contribution < 1.29 is 4.79 Å². The maximum absolute atomic E-state index is 12.2. The van der Waals surface area contributed by atoms with Crippen molar-refractivity contribution in [3.05, 3.63) is 58.6 Å². The molecule has 21 heavy (non-hydrogen) atoms. The van der Waals surface area contributed by atoms with E-state index in [9.17, 15) is 4.79 Å². The largest absolute Gasteiger partial charge is 0.399 e. The lowest BCUT2D eigenvalue weighted by atomic mass is 9.99. The number of nitrogens with two attached hydrogens (primary N) is 1. The molecule has 1 amide bonds. The number of halogens is 1. The van der Waals surface area contributed by atoms with Crippen LogP contribution in [0.25, 0.3) is 0 Å². The van der Waals surface area contributed by atoms with Crippen LogP contribution < -0.4 is 11.1 Å². The van der Waals surface area contributed by atoms with Crippen molar-refractivity contribution in [2.24, 2.45) is 0 Å². The van der Waals surface area contributed by atoms with E-state index in [0.29, 0.717) is 22.0 Å². The highest BCUT2D eigenvalue weighted by Crippen LogP contribution is 2.23. The molecule has 0 aliphatic heterocycles. The van der Waals surface area contributed by atoms with Gasteiger partial charge in [0.1, 0.15) is 6.07 Å². The number of nitrogens with zero attached hydrogens (tertiary/aromatic N) is 1. The number of carbonyl (C=O) groups is 1. The number of amides is 1. The van der Waals surface area contributed by atoms with Crippen molar-refractivity contribution in [3.63, 3.8) is 0 Å². The summed E-state index contributed by atoms with van der Waals surface area (Å²) in [5.74, 6) is -0.526. The fraction of sp³-hybridized carbons (Fsp3) is 0.125. The summed E-state index contributed by atoms with van der Waals surface area (Å²) in [6, 6.07) is 14.0. The third-order valence-electron chi connectivity index (χ3n) is 3.16. The topological polar surface area (TPSA) is 78.9 Å². The van der Waals surface area contributed by atoms with Gasteiger partial charge in [0.15, 0.2) is 0 Å². The molecule has 3 N–H and O–H groups in total. The van der Waals surface area contributed by atoms with Gasteiger partial charge in [-0.1, -0.05) is 23.7 Å². The summed E-state index contributed by atoms with van der Waals surface area (Å²) in [5.41, 5.74) is 8.04. The fourth-order valence-corrected chi connectivity index (χ4v) is 2.08. The van der Waals surface area contributed by atoms with Gasteiger partial charge in [0, 0.05) is 11.4 Å². The number of benzene rings is 2. The van der Waals surface area contributed by atoms with Gasteiger partial charge >= 0.3 is 0 Å². The molecule has 0 spiro atoms. The second-order valence-corrected chi connectivity index (χ2v) is 5.09. The zero-order valence-electron chi connectivity index (χ0n) is 11.4. The Morgan fingerprint density at radius 3 is 2.76 bits per heavy atom. The number of hydrogen-bond donors (Lipinski definition) is 2. The van der Waals surface area contributed by atoms with Crippen LogP contribution in [0.15, 0.2) is 42.5 Å². The van der Waals surface area contributed by atoms with E-state index >= 15 is 0 Å². The minimum atomic E-state index is -0.352. The summed E-state index contributed by atoms with van der Waals surface area (Å²) in [5, 5.41) is 12.1. The standard InChI is InChI=1S/C16H14ClN3O/c1-10(11-3-2-4-13(19)7-11)16(21)20-14-5-6-15(17)12(8-14)9-18/h2-8,10H,19H2,1H3,(H,20,21). The summed E-state index contributed by atoms with van der Waals surface area (Å²) in [7, 11) is 0. The Labute approximate surface area is 128 Å². The van der Waals surface area contributed by atoms with E-state index in [0.717, 1.165) is 5.56 Å². The number of hydrogen-bond acceptors (Lipinski definition) is 3. The highest BCUT2D eigenvalue weighted by molar-refractivity contribution is 6.31. The van der Waals surface area contributed by atoms with Gasteiger partial charge in [-0.2, -0.15) is 5.26 Å². The van der Waals surface area contributed by atoms with Crippen LogP contribution in [0.5, 0.6) is 0 Å². The normalized spacial score (nSPS) is 11.5. The predicted molar refractivity (Wildman–Crippen MR) is 84.1 cm³/mol. The third-order valence-corrected chi connectivity index (χ3v) is 3.49. The van der Waals surface area contributed by atoms with E-state index in [1.165, 1.54) is 0 Å². The third kappa shape index (κ3) is 3.53. The van der Waals surface area contributed by atoms with E-state index < -0.39 is 0 Å². The monoisotopic (exact) mass is 299 g/mol. The molecule has 1 atom stereocenters. The minimum absolute atomic E-state index is 0.174. The summed E-state index contributed by atoms with van der Waals surface area (Å²) in [4.78, 5) is 12.2.